The summed E-state index contributed by atoms with van der Waals surface area (Å²) in [5, 5.41) is 0. The maximum Gasteiger partial charge on any atom is 0.0664 e. The van der Waals surface area contributed by atoms with Gasteiger partial charge < -0.3 is 4.74 Å². The quantitative estimate of drug-likeness (QED) is 0.533. The van der Waals surface area contributed by atoms with Crippen LogP contribution in [0.15, 0.2) is 25.3 Å². The van der Waals surface area contributed by atoms with Crippen molar-refractivity contribution in [3.63, 3.8) is 0 Å². The van der Waals surface area contributed by atoms with E-state index >= 15 is 0 Å². The van der Waals surface area contributed by atoms with Gasteiger partial charge in [0.15, 0.2) is 0 Å². The topological polar surface area (TPSA) is 9.23 Å². The van der Waals surface area contributed by atoms with E-state index in [4.69, 9.17) is 4.74 Å². The summed E-state index contributed by atoms with van der Waals surface area (Å²) in [6, 6.07) is 0. The van der Waals surface area contributed by atoms with E-state index in [1.165, 1.54) is 0 Å². The first-order valence-electron chi connectivity index (χ1n) is 3.48. The number of ether oxygens (including phenoxy) is 1. The van der Waals surface area contributed by atoms with Gasteiger partial charge in [0.2, 0.25) is 0 Å². The van der Waals surface area contributed by atoms with Gasteiger partial charge in [-0.1, -0.05) is 12.2 Å². The molecule has 0 radical (unpaired) electrons. The van der Waals surface area contributed by atoms with Crippen molar-refractivity contribution in [2.45, 2.75) is 25.9 Å². The fourth-order valence-corrected chi connectivity index (χ4v) is 0.691. The van der Waals surface area contributed by atoms with Gasteiger partial charge in [-0.2, -0.15) is 0 Å². The molecule has 0 heterocycles. The predicted molar refractivity (Wildman–Crippen MR) is 45.0 cm³/mol. The molecule has 0 aliphatic carbocycles. The van der Waals surface area contributed by atoms with Crippen molar-refractivity contribution >= 4 is 0 Å². The van der Waals surface area contributed by atoms with Crippen LogP contribution in [-0.2, 0) is 4.74 Å². The molecule has 58 valence electrons. The van der Waals surface area contributed by atoms with Crippen molar-refractivity contribution in [3.05, 3.63) is 25.3 Å². The van der Waals surface area contributed by atoms with Crippen LogP contribution in [0.3, 0.4) is 0 Å². The minimum absolute atomic E-state index is 0.0874. The van der Waals surface area contributed by atoms with Crippen molar-refractivity contribution in [3.8, 4) is 0 Å². The zero-order chi connectivity index (χ0) is 8.04. The standard InChI is InChI=1S/C9H16O/c1-5-7-9(3,4)10-8-6-2/h5-6H,1-2,7-8H2,3-4H3. The van der Waals surface area contributed by atoms with Crippen LogP contribution in [0.2, 0.25) is 0 Å². The highest BCUT2D eigenvalue weighted by atomic mass is 16.5. The van der Waals surface area contributed by atoms with Crippen LogP contribution in [0.5, 0.6) is 0 Å². The molecule has 1 nitrogen and oxygen atoms in total. The summed E-state index contributed by atoms with van der Waals surface area (Å²) in [5.41, 5.74) is -0.0874. The van der Waals surface area contributed by atoms with E-state index in [0.717, 1.165) is 6.42 Å². The molecule has 0 unspecified atom stereocenters. The van der Waals surface area contributed by atoms with Crippen LogP contribution in [0.4, 0.5) is 0 Å². The van der Waals surface area contributed by atoms with Gasteiger partial charge in [0.05, 0.1) is 12.2 Å². The molecule has 0 aromatic rings. The molecule has 0 aromatic heterocycles. The molecule has 0 saturated carbocycles. The molecule has 0 aromatic carbocycles. The fraction of sp³-hybridized carbons (Fsp3) is 0.556. The first kappa shape index (κ1) is 9.44. The number of hydrogen-bond donors (Lipinski definition) is 0. The van der Waals surface area contributed by atoms with E-state index in [1.807, 2.05) is 19.9 Å². The fourth-order valence-electron chi connectivity index (χ4n) is 0.691. The third-order valence-electron chi connectivity index (χ3n) is 1.23. The summed E-state index contributed by atoms with van der Waals surface area (Å²) in [6.07, 6.45) is 4.49. The van der Waals surface area contributed by atoms with Crippen molar-refractivity contribution in [1.82, 2.24) is 0 Å². The summed E-state index contributed by atoms with van der Waals surface area (Å²) in [5.74, 6) is 0. The lowest BCUT2D eigenvalue weighted by Gasteiger charge is -2.22. The number of rotatable bonds is 5. The first-order valence-corrected chi connectivity index (χ1v) is 3.48. The van der Waals surface area contributed by atoms with Gasteiger partial charge in [-0.25, -0.2) is 0 Å². The SMILES string of the molecule is C=CCOC(C)(C)CC=C. The highest BCUT2D eigenvalue weighted by molar-refractivity contribution is 4.81. The van der Waals surface area contributed by atoms with Gasteiger partial charge in [-0.3, -0.25) is 0 Å². The largest absolute Gasteiger partial charge is 0.371 e. The minimum atomic E-state index is -0.0874. The van der Waals surface area contributed by atoms with Crippen LogP contribution in [0, 0.1) is 0 Å². The Kier molecular flexibility index (Phi) is 4.05. The van der Waals surface area contributed by atoms with Crippen LogP contribution >= 0.6 is 0 Å². The summed E-state index contributed by atoms with van der Waals surface area (Å²) < 4.78 is 5.43. The molecule has 0 aliphatic heterocycles. The van der Waals surface area contributed by atoms with Gasteiger partial charge >= 0.3 is 0 Å². The van der Waals surface area contributed by atoms with Crippen molar-refractivity contribution in [2.24, 2.45) is 0 Å². The van der Waals surface area contributed by atoms with Crippen molar-refractivity contribution in [1.29, 1.82) is 0 Å². The Morgan fingerprint density at radius 1 is 1.30 bits per heavy atom. The third-order valence-corrected chi connectivity index (χ3v) is 1.23. The molecule has 0 N–H and O–H groups in total. The molecular weight excluding hydrogens is 124 g/mol. The Hall–Kier alpha value is -0.560. The Morgan fingerprint density at radius 3 is 2.30 bits per heavy atom. The van der Waals surface area contributed by atoms with E-state index < -0.39 is 0 Å². The molecule has 0 bridgehead atoms. The smallest absolute Gasteiger partial charge is 0.0664 e. The second kappa shape index (κ2) is 4.29. The molecular formula is C9H16O. The molecule has 0 aliphatic rings. The normalized spacial score (nSPS) is 11.0. The number of hydrogen-bond acceptors (Lipinski definition) is 1. The molecule has 0 fully saturated rings. The summed E-state index contributed by atoms with van der Waals surface area (Å²) in [7, 11) is 0. The van der Waals surface area contributed by atoms with Crippen LogP contribution in [0.1, 0.15) is 20.3 Å². The van der Waals surface area contributed by atoms with Gasteiger partial charge in [-0.15, -0.1) is 13.2 Å². The van der Waals surface area contributed by atoms with E-state index in [2.05, 4.69) is 13.2 Å². The lowest BCUT2D eigenvalue weighted by molar-refractivity contribution is 0.00203. The monoisotopic (exact) mass is 140 g/mol. The van der Waals surface area contributed by atoms with E-state index in [1.54, 1.807) is 6.08 Å². The summed E-state index contributed by atoms with van der Waals surface area (Å²) >= 11 is 0. The van der Waals surface area contributed by atoms with Gasteiger partial charge in [0.25, 0.3) is 0 Å². The maximum atomic E-state index is 5.43. The summed E-state index contributed by atoms with van der Waals surface area (Å²) in [4.78, 5) is 0. The molecule has 0 spiro atoms. The third kappa shape index (κ3) is 4.33. The minimum Gasteiger partial charge on any atom is -0.371 e. The second-order valence-corrected chi connectivity index (χ2v) is 2.85. The van der Waals surface area contributed by atoms with Crippen LogP contribution in [0.25, 0.3) is 0 Å². The van der Waals surface area contributed by atoms with Gasteiger partial charge in [-0.05, 0) is 20.3 Å². The Morgan fingerprint density at radius 2 is 1.90 bits per heavy atom. The highest BCUT2D eigenvalue weighted by Crippen LogP contribution is 2.13. The molecule has 0 saturated heterocycles. The van der Waals surface area contributed by atoms with Crippen molar-refractivity contribution < 1.29 is 4.74 Å². The van der Waals surface area contributed by atoms with Crippen LogP contribution in [-0.4, -0.2) is 12.2 Å². The zero-order valence-corrected chi connectivity index (χ0v) is 6.89. The first-order chi connectivity index (χ1) is 4.62. The maximum absolute atomic E-state index is 5.43. The van der Waals surface area contributed by atoms with Gasteiger partial charge in [0, 0.05) is 0 Å². The van der Waals surface area contributed by atoms with E-state index in [0.29, 0.717) is 6.61 Å². The lowest BCUT2D eigenvalue weighted by Crippen LogP contribution is -2.23. The second-order valence-electron chi connectivity index (χ2n) is 2.85. The average molecular weight is 140 g/mol. The Labute approximate surface area is 63.4 Å². The Balaban J connectivity index is 3.61. The zero-order valence-electron chi connectivity index (χ0n) is 6.89. The average Bonchev–Trinajstić information content (AvgIpc) is 1.84. The lowest BCUT2D eigenvalue weighted by atomic mass is 10.1. The Bertz CT molecular complexity index is 114. The van der Waals surface area contributed by atoms with Crippen molar-refractivity contribution in [2.75, 3.05) is 6.61 Å². The van der Waals surface area contributed by atoms with E-state index in [9.17, 15) is 0 Å². The van der Waals surface area contributed by atoms with Crippen LogP contribution < -0.4 is 0 Å². The summed E-state index contributed by atoms with van der Waals surface area (Å²) in [6.45, 7) is 11.9. The molecule has 1 heteroatoms. The van der Waals surface area contributed by atoms with E-state index in [-0.39, 0.29) is 5.60 Å². The molecule has 0 rings (SSSR count). The molecule has 10 heavy (non-hydrogen) atoms. The molecule has 0 atom stereocenters. The predicted octanol–water partition coefficient (Wildman–Crippen LogP) is 2.54. The molecule has 0 amide bonds. The highest BCUT2D eigenvalue weighted by Gasteiger charge is 2.14. The van der Waals surface area contributed by atoms with Gasteiger partial charge in [0.1, 0.15) is 0 Å².